The van der Waals surface area contributed by atoms with Gasteiger partial charge in [0.2, 0.25) is 5.91 Å². The number of hydrazine groups is 1. The molecule has 1 fully saturated rings. The standard InChI is InChI=1S/C14H12N4O3S/c1-8-2-4-9(5-3-8)13-15-10(7-22-13)12(20)17-18-6-11(19)16-14(18)21/h2-5,7H,6H2,1H3,(H,17,20)(H,16,19,21). The molecule has 2 aromatic rings. The molecule has 1 aliphatic heterocycles. The molecule has 2 heterocycles. The summed E-state index contributed by atoms with van der Waals surface area (Å²) in [5, 5.41) is 5.33. The van der Waals surface area contributed by atoms with Gasteiger partial charge in [0.25, 0.3) is 5.91 Å². The third-order valence-corrected chi connectivity index (χ3v) is 3.96. The molecule has 1 aromatic carbocycles. The fraction of sp³-hybridized carbons (Fsp3) is 0.143. The quantitative estimate of drug-likeness (QED) is 0.835. The first-order valence-electron chi connectivity index (χ1n) is 6.48. The van der Waals surface area contributed by atoms with Gasteiger partial charge in [-0.05, 0) is 6.92 Å². The average molecular weight is 316 g/mol. The van der Waals surface area contributed by atoms with Crippen LogP contribution in [0.15, 0.2) is 29.6 Å². The summed E-state index contributed by atoms with van der Waals surface area (Å²) in [6, 6.07) is 7.16. The zero-order valence-electron chi connectivity index (χ0n) is 11.6. The first kappa shape index (κ1) is 14.2. The number of imide groups is 1. The number of amides is 4. The van der Waals surface area contributed by atoms with Gasteiger partial charge in [0.15, 0.2) is 0 Å². The molecule has 1 saturated heterocycles. The minimum Gasteiger partial charge on any atom is -0.275 e. The summed E-state index contributed by atoms with van der Waals surface area (Å²) in [5.41, 5.74) is 4.62. The number of rotatable bonds is 3. The average Bonchev–Trinajstić information content (AvgIpc) is 3.07. The molecular formula is C14H12N4O3S. The van der Waals surface area contributed by atoms with Crippen LogP contribution in [0.25, 0.3) is 10.6 Å². The zero-order valence-corrected chi connectivity index (χ0v) is 12.4. The normalized spacial score (nSPS) is 14.1. The zero-order chi connectivity index (χ0) is 15.7. The Labute approximate surface area is 129 Å². The van der Waals surface area contributed by atoms with E-state index in [2.05, 4.69) is 15.7 Å². The van der Waals surface area contributed by atoms with Crippen molar-refractivity contribution in [3.63, 3.8) is 0 Å². The Kier molecular flexibility index (Phi) is 3.60. The van der Waals surface area contributed by atoms with Gasteiger partial charge in [-0.1, -0.05) is 29.8 Å². The van der Waals surface area contributed by atoms with Crippen molar-refractivity contribution in [2.24, 2.45) is 0 Å². The number of hydrogen-bond acceptors (Lipinski definition) is 5. The van der Waals surface area contributed by atoms with Crippen LogP contribution >= 0.6 is 11.3 Å². The Morgan fingerprint density at radius 2 is 2.05 bits per heavy atom. The highest BCUT2D eigenvalue weighted by Crippen LogP contribution is 2.24. The number of carbonyl (C=O) groups excluding carboxylic acids is 3. The van der Waals surface area contributed by atoms with Crippen molar-refractivity contribution in [2.75, 3.05) is 6.54 Å². The molecule has 2 N–H and O–H groups in total. The fourth-order valence-corrected chi connectivity index (χ4v) is 2.72. The lowest BCUT2D eigenvalue weighted by Gasteiger charge is -2.13. The Balaban J connectivity index is 1.73. The van der Waals surface area contributed by atoms with Crippen molar-refractivity contribution in [1.82, 2.24) is 20.7 Å². The highest BCUT2D eigenvalue weighted by atomic mass is 32.1. The molecule has 3 rings (SSSR count). The molecule has 0 saturated carbocycles. The maximum Gasteiger partial charge on any atom is 0.343 e. The molecule has 0 aliphatic carbocycles. The number of aromatic nitrogens is 1. The summed E-state index contributed by atoms with van der Waals surface area (Å²) in [7, 11) is 0. The topological polar surface area (TPSA) is 91.4 Å². The van der Waals surface area contributed by atoms with Gasteiger partial charge in [-0.2, -0.15) is 0 Å². The van der Waals surface area contributed by atoms with E-state index in [1.807, 2.05) is 31.2 Å². The lowest BCUT2D eigenvalue weighted by molar-refractivity contribution is -0.118. The summed E-state index contributed by atoms with van der Waals surface area (Å²) >= 11 is 1.34. The van der Waals surface area contributed by atoms with Crippen molar-refractivity contribution < 1.29 is 14.4 Å². The van der Waals surface area contributed by atoms with Crippen LogP contribution in [-0.4, -0.2) is 34.4 Å². The Bertz CT molecular complexity index is 754. The number of benzene rings is 1. The van der Waals surface area contributed by atoms with Crippen LogP contribution in [0.1, 0.15) is 16.1 Å². The predicted octanol–water partition coefficient (Wildman–Crippen LogP) is 1.32. The van der Waals surface area contributed by atoms with Gasteiger partial charge in [-0.15, -0.1) is 11.3 Å². The number of nitrogens with one attached hydrogen (secondary N) is 2. The van der Waals surface area contributed by atoms with E-state index in [4.69, 9.17) is 0 Å². The third kappa shape index (κ3) is 2.82. The van der Waals surface area contributed by atoms with Crippen LogP contribution in [0.3, 0.4) is 0 Å². The van der Waals surface area contributed by atoms with Gasteiger partial charge in [-0.3, -0.25) is 20.3 Å². The number of thiazole rings is 1. The van der Waals surface area contributed by atoms with Gasteiger partial charge in [0.1, 0.15) is 17.2 Å². The van der Waals surface area contributed by atoms with Crippen LogP contribution in [0.2, 0.25) is 0 Å². The summed E-state index contributed by atoms with van der Waals surface area (Å²) in [4.78, 5) is 38.7. The van der Waals surface area contributed by atoms with Gasteiger partial charge in [-0.25, -0.2) is 14.8 Å². The van der Waals surface area contributed by atoms with E-state index in [1.165, 1.54) is 11.3 Å². The van der Waals surface area contributed by atoms with Crippen molar-refractivity contribution in [1.29, 1.82) is 0 Å². The van der Waals surface area contributed by atoms with E-state index in [0.29, 0.717) is 5.01 Å². The van der Waals surface area contributed by atoms with Gasteiger partial charge < -0.3 is 0 Å². The molecule has 0 radical (unpaired) electrons. The molecule has 0 atom stereocenters. The largest absolute Gasteiger partial charge is 0.343 e. The molecule has 8 heteroatoms. The highest BCUT2D eigenvalue weighted by molar-refractivity contribution is 7.13. The van der Waals surface area contributed by atoms with Crippen LogP contribution in [0.5, 0.6) is 0 Å². The second-order valence-electron chi connectivity index (χ2n) is 4.78. The molecule has 7 nitrogen and oxygen atoms in total. The van der Waals surface area contributed by atoms with E-state index < -0.39 is 17.8 Å². The third-order valence-electron chi connectivity index (χ3n) is 3.07. The van der Waals surface area contributed by atoms with E-state index in [1.54, 1.807) is 5.38 Å². The lowest BCUT2D eigenvalue weighted by atomic mass is 10.2. The fourth-order valence-electron chi connectivity index (χ4n) is 1.92. The van der Waals surface area contributed by atoms with Crippen molar-refractivity contribution in [3.8, 4) is 10.6 Å². The summed E-state index contributed by atoms with van der Waals surface area (Å²) in [6.07, 6.45) is 0. The van der Waals surface area contributed by atoms with Crippen LogP contribution in [0.4, 0.5) is 4.79 Å². The molecule has 112 valence electrons. The molecule has 0 spiro atoms. The minimum absolute atomic E-state index is 0.195. The van der Waals surface area contributed by atoms with Gasteiger partial charge >= 0.3 is 6.03 Å². The second kappa shape index (κ2) is 5.57. The Hall–Kier alpha value is -2.74. The number of urea groups is 1. The number of hydrogen-bond donors (Lipinski definition) is 2. The predicted molar refractivity (Wildman–Crippen MR) is 80.0 cm³/mol. The first-order chi connectivity index (χ1) is 10.5. The maximum atomic E-state index is 12.1. The second-order valence-corrected chi connectivity index (χ2v) is 5.64. The number of carbonyl (C=O) groups is 3. The number of aryl methyl sites for hydroxylation is 1. The molecule has 1 aliphatic rings. The van der Waals surface area contributed by atoms with E-state index in [0.717, 1.165) is 16.1 Å². The van der Waals surface area contributed by atoms with Crippen LogP contribution < -0.4 is 10.7 Å². The molecule has 4 amide bonds. The van der Waals surface area contributed by atoms with E-state index >= 15 is 0 Å². The summed E-state index contributed by atoms with van der Waals surface area (Å²) in [5.74, 6) is -0.983. The Morgan fingerprint density at radius 3 is 2.68 bits per heavy atom. The Morgan fingerprint density at radius 1 is 1.32 bits per heavy atom. The molecular weight excluding hydrogens is 304 g/mol. The van der Waals surface area contributed by atoms with Crippen LogP contribution in [0, 0.1) is 6.92 Å². The van der Waals surface area contributed by atoms with Crippen molar-refractivity contribution in [2.45, 2.75) is 6.92 Å². The highest BCUT2D eigenvalue weighted by Gasteiger charge is 2.28. The molecule has 0 bridgehead atoms. The van der Waals surface area contributed by atoms with Crippen LogP contribution in [-0.2, 0) is 4.79 Å². The molecule has 1 aromatic heterocycles. The van der Waals surface area contributed by atoms with Gasteiger partial charge in [0.05, 0.1) is 0 Å². The summed E-state index contributed by atoms with van der Waals surface area (Å²) in [6.45, 7) is 1.80. The molecule has 22 heavy (non-hydrogen) atoms. The van der Waals surface area contributed by atoms with Gasteiger partial charge in [0, 0.05) is 10.9 Å². The maximum absolute atomic E-state index is 12.1. The summed E-state index contributed by atoms with van der Waals surface area (Å²) < 4.78 is 0. The smallest absolute Gasteiger partial charge is 0.275 e. The van der Waals surface area contributed by atoms with E-state index in [9.17, 15) is 14.4 Å². The lowest BCUT2D eigenvalue weighted by Crippen LogP contribution is -2.44. The monoisotopic (exact) mass is 316 g/mol. The number of nitrogens with zero attached hydrogens (tertiary/aromatic N) is 2. The van der Waals surface area contributed by atoms with E-state index in [-0.39, 0.29) is 12.2 Å². The van der Waals surface area contributed by atoms with Crippen molar-refractivity contribution in [3.05, 3.63) is 40.9 Å². The first-order valence-corrected chi connectivity index (χ1v) is 7.36. The SMILES string of the molecule is Cc1ccc(-c2nc(C(=O)NN3CC(=O)NC3=O)cs2)cc1. The minimum atomic E-state index is -0.646. The van der Waals surface area contributed by atoms with Crippen molar-refractivity contribution >= 4 is 29.2 Å². The molecule has 0 unspecified atom stereocenters.